The summed E-state index contributed by atoms with van der Waals surface area (Å²) < 4.78 is 16.8. The highest BCUT2D eigenvalue weighted by Crippen LogP contribution is 2.32. The van der Waals surface area contributed by atoms with Crippen LogP contribution in [0.5, 0.6) is 11.5 Å². The van der Waals surface area contributed by atoms with Crippen molar-refractivity contribution in [1.82, 2.24) is 10.2 Å². The summed E-state index contributed by atoms with van der Waals surface area (Å²) in [6.45, 7) is 8.15. The Labute approximate surface area is 185 Å². The largest absolute Gasteiger partial charge is 0.493 e. The van der Waals surface area contributed by atoms with Gasteiger partial charge in [0.15, 0.2) is 11.5 Å². The second kappa shape index (κ2) is 11.7. The molecule has 6 nitrogen and oxygen atoms in total. The molecule has 1 N–H and O–H groups in total. The molecule has 1 fully saturated rings. The zero-order chi connectivity index (χ0) is 22.1. The van der Waals surface area contributed by atoms with E-state index in [0.717, 1.165) is 36.4 Å². The molecule has 0 saturated carbocycles. The van der Waals surface area contributed by atoms with Crippen LogP contribution in [0.25, 0.3) is 0 Å². The number of nitrogens with zero attached hydrogens (tertiary/aromatic N) is 1. The van der Waals surface area contributed by atoms with Crippen LogP contribution < -0.4 is 14.8 Å². The van der Waals surface area contributed by atoms with Gasteiger partial charge in [0.2, 0.25) is 5.91 Å². The van der Waals surface area contributed by atoms with Crippen molar-refractivity contribution >= 4 is 5.91 Å². The summed E-state index contributed by atoms with van der Waals surface area (Å²) >= 11 is 0. The maximum absolute atomic E-state index is 13.1. The van der Waals surface area contributed by atoms with Crippen molar-refractivity contribution in [3.8, 4) is 11.5 Å². The summed E-state index contributed by atoms with van der Waals surface area (Å²) in [4.78, 5) is 15.4. The molecule has 2 aromatic carbocycles. The van der Waals surface area contributed by atoms with Crippen molar-refractivity contribution in [1.29, 1.82) is 0 Å². The zero-order valence-electron chi connectivity index (χ0n) is 18.8. The quantitative estimate of drug-likeness (QED) is 0.627. The van der Waals surface area contributed by atoms with E-state index in [0.29, 0.717) is 32.1 Å². The van der Waals surface area contributed by atoms with Gasteiger partial charge in [0.25, 0.3) is 0 Å². The lowest BCUT2D eigenvalue weighted by molar-refractivity contribution is -0.123. The molecule has 0 radical (unpaired) electrons. The van der Waals surface area contributed by atoms with Gasteiger partial charge in [-0.3, -0.25) is 9.69 Å². The minimum atomic E-state index is -0.151. The van der Waals surface area contributed by atoms with Gasteiger partial charge in [-0.2, -0.15) is 0 Å². The molecule has 1 amide bonds. The normalized spacial score (nSPS) is 16.4. The third-order valence-electron chi connectivity index (χ3n) is 5.76. The van der Waals surface area contributed by atoms with Gasteiger partial charge in [-0.15, -0.1) is 0 Å². The van der Waals surface area contributed by atoms with Crippen LogP contribution in [0.3, 0.4) is 0 Å². The second-order valence-electron chi connectivity index (χ2n) is 7.62. The highest BCUT2D eigenvalue weighted by molar-refractivity contribution is 5.83. The van der Waals surface area contributed by atoms with Gasteiger partial charge >= 0.3 is 0 Å². The Morgan fingerprint density at radius 3 is 2.45 bits per heavy atom. The molecular formula is C25H34N2O4. The molecule has 1 heterocycles. The van der Waals surface area contributed by atoms with Crippen LogP contribution in [0.4, 0.5) is 0 Å². The number of carbonyl (C=O) groups excluding carboxylic acids is 1. The Morgan fingerprint density at radius 1 is 1.06 bits per heavy atom. The summed E-state index contributed by atoms with van der Waals surface area (Å²) in [7, 11) is 1.65. The Balaban J connectivity index is 1.79. The van der Waals surface area contributed by atoms with Crippen molar-refractivity contribution in [3.63, 3.8) is 0 Å². The third-order valence-corrected chi connectivity index (χ3v) is 5.76. The fourth-order valence-corrected chi connectivity index (χ4v) is 4.09. The highest BCUT2D eigenvalue weighted by atomic mass is 16.5. The summed E-state index contributed by atoms with van der Waals surface area (Å²) in [5.41, 5.74) is 2.14. The molecule has 2 aromatic rings. The maximum Gasteiger partial charge on any atom is 0.227 e. The SMILES string of the molecule is CCOc1ccc([C@@H](CNC(=O)[C@@H](CC)c2ccccc2)N2CCOCC2)cc1OC. The Kier molecular flexibility index (Phi) is 8.74. The van der Waals surface area contributed by atoms with E-state index in [1.54, 1.807) is 7.11 Å². The van der Waals surface area contributed by atoms with Crippen molar-refractivity contribution in [3.05, 3.63) is 59.7 Å². The Hall–Kier alpha value is -2.57. The number of nitrogens with one attached hydrogen (secondary N) is 1. The molecule has 6 heteroatoms. The van der Waals surface area contributed by atoms with E-state index < -0.39 is 0 Å². The second-order valence-corrected chi connectivity index (χ2v) is 7.62. The number of amides is 1. The number of methoxy groups -OCH3 is 1. The molecule has 31 heavy (non-hydrogen) atoms. The van der Waals surface area contributed by atoms with Gasteiger partial charge in [0.1, 0.15) is 0 Å². The van der Waals surface area contributed by atoms with Crippen LogP contribution >= 0.6 is 0 Å². The number of rotatable bonds is 10. The van der Waals surface area contributed by atoms with E-state index in [1.165, 1.54) is 0 Å². The highest BCUT2D eigenvalue weighted by Gasteiger charge is 2.26. The fourth-order valence-electron chi connectivity index (χ4n) is 4.09. The van der Waals surface area contributed by atoms with E-state index >= 15 is 0 Å². The van der Waals surface area contributed by atoms with Crippen LogP contribution in [0, 0.1) is 0 Å². The van der Waals surface area contributed by atoms with Crippen LogP contribution in [-0.2, 0) is 9.53 Å². The van der Waals surface area contributed by atoms with Crippen molar-refractivity contribution < 1.29 is 19.0 Å². The number of ether oxygens (including phenoxy) is 3. The number of hydrogen-bond acceptors (Lipinski definition) is 5. The lowest BCUT2D eigenvalue weighted by Gasteiger charge is -2.35. The van der Waals surface area contributed by atoms with Crippen LogP contribution in [0.1, 0.15) is 43.4 Å². The molecule has 0 spiro atoms. The minimum absolute atomic E-state index is 0.0331. The maximum atomic E-state index is 13.1. The first-order chi connectivity index (χ1) is 15.2. The van der Waals surface area contributed by atoms with E-state index in [2.05, 4.69) is 16.3 Å². The van der Waals surface area contributed by atoms with Gasteiger partial charge in [-0.25, -0.2) is 0 Å². The Bertz CT molecular complexity index is 822. The molecule has 1 aliphatic rings. The predicted molar refractivity (Wildman–Crippen MR) is 122 cm³/mol. The summed E-state index contributed by atoms with van der Waals surface area (Å²) in [5.74, 6) is 1.35. The van der Waals surface area contributed by atoms with Crippen LogP contribution in [-0.4, -0.2) is 57.4 Å². The zero-order valence-corrected chi connectivity index (χ0v) is 18.8. The number of benzene rings is 2. The number of hydrogen-bond donors (Lipinski definition) is 1. The van der Waals surface area contributed by atoms with E-state index in [4.69, 9.17) is 14.2 Å². The lowest BCUT2D eigenvalue weighted by Crippen LogP contribution is -2.44. The first-order valence-corrected chi connectivity index (χ1v) is 11.1. The van der Waals surface area contributed by atoms with Crippen LogP contribution in [0.2, 0.25) is 0 Å². The standard InChI is InChI=1S/C25H34N2O4/c1-4-21(19-9-7-6-8-10-19)25(28)26-18-22(27-13-15-30-16-14-27)20-11-12-23(31-5-2)24(17-20)29-3/h6-12,17,21-22H,4-5,13-16,18H2,1-3H3,(H,26,28)/t21-,22+/m0/s1. The molecule has 0 bridgehead atoms. The Morgan fingerprint density at radius 2 is 1.81 bits per heavy atom. The molecule has 1 aliphatic heterocycles. The van der Waals surface area contributed by atoms with Crippen molar-refractivity contribution in [2.75, 3.05) is 46.6 Å². The van der Waals surface area contributed by atoms with Gasteiger partial charge in [0, 0.05) is 19.6 Å². The first-order valence-electron chi connectivity index (χ1n) is 11.1. The van der Waals surface area contributed by atoms with E-state index in [-0.39, 0.29) is 17.9 Å². The minimum Gasteiger partial charge on any atom is -0.493 e. The molecule has 0 unspecified atom stereocenters. The summed E-state index contributed by atoms with van der Waals surface area (Å²) in [6.07, 6.45) is 0.759. The fraction of sp³-hybridized carbons (Fsp3) is 0.480. The molecule has 3 rings (SSSR count). The van der Waals surface area contributed by atoms with Gasteiger partial charge in [0.05, 0.1) is 38.9 Å². The number of carbonyl (C=O) groups is 1. The first kappa shape index (κ1) is 23.1. The van der Waals surface area contributed by atoms with Crippen molar-refractivity contribution in [2.24, 2.45) is 0 Å². The molecule has 168 valence electrons. The average Bonchev–Trinajstić information content (AvgIpc) is 2.82. The number of morpholine rings is 1. The summed E-state index contributed by atoms with van der Waals surface area (Å²) in [5, 5.41) is 3.21. The lowest BCUT2D eigenvalue weighted by atomic mass is 9.95. The van der Waals surface area contributed by atoms with Crippen molar-refractivity contribution in [2.45, 2.75) is 32.2 Å². The van der Waals surface area contributed by atoms with Gasteiger partial charge in [-0.1, -0.05) is 43.3 Å². The topological polar surface area (TPSA) is 60.0 Å². The third kappa shape index (κ3) is 5.99. The molecule has 2 atom stereocenters. The molecule has 0 aromatic heterocycles. The van der Waals surface area contributed by atoms with E-state index in [9.17, 15) is 4.79 Å². The summed E-state index contributed by atoms with van der Waals surface area (Å²) in [6, 6.07) is 16.0. The van der Waals surface area contributed by atoms with E-state index in [1.807, 2.05) is 56.3 Å². The van der Waals surface area contributed by atoms with Gasteiger partial charge in [-0.05, 0) is 36.6 Å². The molecular weight excluding hydrogens is 392 g/mol. The molecule has 0 aliphatic carbocycles. The molecule has 1 saturated heterocycles. The van der Waals surface area contributed by atoms with Crippen LogP contribution in [0.15, 0.2) is 48.5 Å². The predicted octanol–water partition coefficient (Wildman–Crippen LogP) is 3.78. The van der Waals surface area contributed by atoms with Gasteiger partial charge < -0.3 is 19.5 Å². The smallest absolute Gasteiger partial charge is 0.227 e. The average molecular weight is 427 g/mol. The monoisotopic (exact) mass is 426 g/mol.